The fourth-order valence-corrected chi connectivity index (χ4v) is 1.62. The van der Waals surface area contributed by atoms with Gasteiger partial charge in [0, 0.05) is 23.8 Å². The number of fused-ring (bicyclic) bond motifs is 1. The molecule has 0 atom stereocenters. The van der Waals surface area contributed by atoms with E-state index in [2.05, 4.69) is 4.98 Å². The second-order valence-corrected chi connectivity index (χ2v) is 3.44. The Balaban J connectivity index is 2.40. The minimum absolute atomic E-state index is 0.000417. The van der Waals surface area contributed by atoms with Crippen LogP contribution in [0.2, 0.25) is 0 Å². The summed E-state index contributed by atoms with van der Waals surface area (Å²) >= 11 is 0. The highest BCUT2D eigenvalue weighted by Crippen LogP contribution is 2.16. The summed E-state index contributed by atoms with van der Waals surface area (Å²) < 4.78 is 5.13. The minimum Gasteiger partial charge on any atom is -0.374 e. The van der Waals surface area contributed by atoms with Crippen LogP contribution in [0.25, 0.3) is 10.9 Å². The van der Waals surface area contributed by atoms with Gasteiger partial charge in [0.1, 0.15) is 6.61 Å². The first-order chi connectivity index (χ1) is 7.83. The predicted molar refractivity (Wildman–Crippen MR) is 62.6 cm³/mol. The van der Waals surface area contributed by atoms with Gasteiger partial charge in [0.15, 0.2) is 5.78 Å². The summed E-state index contributed by atoms with van der Waals surface area (Å²) in [4.78, 5) is 16.1. The van der Waals surface area contributed by atoms with Crippen molar-refractivity contribution in [3.63, 3.8) is 0 Å². The number of aromatic nitrogens is 1. The molecule has 1 heterocycles. The van der Waals surface area contributed by atoms with Crippen LogP contribution in [0.15, 0.2) is 36.5 Å². The van der Waals surface area contributed by atoms with Crippen LogP contribution in [-0.4, -0.2) is 24.0 Å². The highest BCUT2D eigenvalue weighted by Gasteiger charge is 2.09. The zero-order valence-electron chi connectivity index (χ0n) is 9.14. The number of ether oxygens (including phenoxy) is 1. The van der Waals surface area contributed by atoms with Gasteiger partial charge in [0.25, 0.3) is 0 Å². The van der Waals surface area contributed by atoms with Gasteiger partial charge in [-0.25, -0.2) is 0 Å². The smallest absolute Gasteiger partial charge is 0.189 e. The molecule has 3 heteroatoms. The molecule has 1 aromatic heterocycles. The highest BCUT2D eigenvalue weighted by molar-refractivity contribution is 6.07. The molecule has 0 amide bonds. The molecule has 3 nitrogen and oxygen atoms in total. The Labute approximate surface area is 94.1 Å². The second kappa shape index (κ2) is 4.86. The first-order valence-electron chi connectivity index (χ1n) is 5.27. The molecule has 0 unspecified atom stereocenters. The van der Waals surface area contributed by atoms with E-state index in [1.54, 1.807) is 6.20 Å². The molecule has 0 bridgehead atoms. The normalized spacial score (nSPS) is 10.6. The van der Waals surface area contributed by atoms with Crippen LogP contribution in [0.3, 0.4) is 0 Å². The van der Waals surface area contributed by atoms with Crippen molar-refractivity contribution in [2.75, 3.05) is 13.2 Å². The van der Waals surface area contributed by atoms with Gasteiger partial charge in [-0.3, -0.25) is 9.78 Å². The van der Waals surface area contributed by atoms with Crippen LogP contribution in [0.5, 0.6) is 0 Å². The summed E-state index contributed by atoms with van der Waals surface area (Å²) in [5.74, 6) is 0.000417. The average Bonchev–Trinajstić information content (AvgIpc) is 2.35. The Morgan fingerprint density at radius 2 is 2.19 bits per heavy atom. The molecule has 2 aromatic rings. The van der Waals surface area contributed by atoms with E-state index in [0.29, 0.717) is 12.2 Å². The molecule has 0 radical (unpaired) electrons. The van der Waals surface area contributed by atoms with Crippen molar-refractivity contribution in [3.05, 3.63) is 42.1 Å². The highest BCUT2D eigenvalue weighted by atomic mass is 16.5. The number of carbonyl (C=O) groups excluding carboxylic acids is 1. The van der Waals surface area contributed by atoms with Crippen LogP contribution in [0.4, 0.5) is 0 Å². The van der Waals surface area contributed by atoms with Crippen molar-refractivity contribution in [2.45, 2.75) is 6.92 Å². The number of carbonyl (C=O) groups is 1. The molecule has 0 fully saturated rings. The average molecular weight is 215 g/mol. The molecular weight excluding hydrogens is 202 g/mol. The van der Waals surface area contributed by atoms with Crippen LogP contribution < -0.4 is 0 Å². The number of rotatable bonds is 4. The zero-order chi connectivity index (χ0) is 11.4. The van der Waals surface area contributed by atoms with Gasteiger partial charge >= 0.3 is 0 Å². The van der Waals surface area contributed by atoms with Gasteiger partial charge in [-0.15, -0.1) is 0 Å². The molecule has 0 N–H and O–H groups in total. The molecule has 82 valence electrons. The maximum absolute atomic E-state index is 11.9. The SMILES string of the molecule is CCOCC(=O)c1cccc2ncccc12. The molecule has 16 heavy (non-hydrogen) atoms. The van der Waals surface area contributed by atoms with E-state index in [1.807, 2.05) is 37.3 Å². The van der Waals surface area contributed by atoms with Gasteiger partial charge in [0.05, 0.1) is 5.52 Å². The van der Waals surface area contributed by atoms with Crippen LogP contribution in [0, 0.1) is 0 Å². The van der Waals surface area contributed by atoms with Crippen molar-refractivity contribution in [1.82, 2.24) is 4.98 Å². The van der Waals surface area contributed by atoms with E-state index in [0.717, 1.165) is 10.9 Å². The maximum atomic E-state index is 11.9. The van der Waals surface area contributed by atoms with Crippen molar-refractivity contribution in [3.8, 4) is 0 Å². The first kappa shape index (κ1) is 10.8. The molecule has 1 aromatic carbocycles. The number of hydrogen-bond donors (Lipinski definition) is 0. The Morgan fingerprint density at radius 3 is 3.00 bits per heavy atom. The standard InChI is InChI=1S/C13H13NO2/c1-2-16-9-13(15)11-5-3-7-12-10(11)6-4-8-14-12/h3-8H,2,9H2,1H3. The monoisotopic (exact) mass is 215 g/mol. The summed E-state index contributed by atoms with van der Waals surface area (Å²) in [5, 5.41) is 0.884. The fourth-order valence-electron chi connectivity index (χ4n) is 1.62. The lowest BCUT2D eigenvalue weighted by molar-refractivity contribution is 0.0785. The van der Waals surface area contributed by atoms with E-state index in [-0.39, 0.29) is 12.4 Å². The minimum atomic E-state index is 0.000417. The fraction of sp³-hybridized carbons (Fsp3) is 0.231. The topological polar surface area (TPSA) is 39.2 Å². The van der Waals surface area contributed by atoms with E-state index in [4.69, 9.17) is 4.74 Å². The number of nitrogens with zero attached hydrogens (tertiary/aromatic N) is 1. The van der Waals surface area contributed by atoms with Crippen molar-refractivity contribution < 1.29 is 9.53 Å². The second-order valence-electron chi connectivity index (χ2n) is 3.44. The van der Waals surface area contributed by atoms with E-state index >= 15 is 0 Å². The largest absolute Gasteiger partial charge is 0.374 e. The Morgan fingerprint density at radius 1 is 1.31 bits per heavy atom. The summed E-state index contributed by atoms with van der Waals surface area (Å²) in [6, 6.07) is 9.29. The van der Waals surface area contributed by atoms with E-state index in [9.17, 15) is 4.79 Å². The summed E-state index contributed by atoms with van der Waals surface area (Å²) in [7, 11) is 0. The quantitative estimate of drug-likeness (QED) is 0.735. The van der Waals surface area contributed by atoms with Crippen molar-refractivity contribution in [1.29, 1.82) is 0 Å². The van der Waals surface area contributed by atoms with Gasteiger partial charge in [-0.1, -0.05) is 18.2 Å². The van der Waals surface area contributed by atoms with Gasteiger partial charge in [-0.2, -0.15) is 0 Å². The van der Waals surface area contributed by atoms with Crippen molar-refractivity contribution in [2.24, 2.45) is 0 Å². The third kappa shape index (κ3) is 2.09. The van der Waals surface area contributed by atoms with Crippen LogP contribution in [0.1, 0.15) is 17.3 Å². The Bertz CT molecular complexity index is 503. The summed E-state index contributed by atoms with van der Waals surface area (Å²) in [5.41, 5.74) is 1.52. The number of ketones is 1. The molecule has 0 spiro atoms. The molecular formula is C13H13NO2. The lowest BCUT2D eigenvalue weighted by Crippen LogP contribution is -2.09. The van der Waals surface area contributed by atoms with Crippen LogP contribution >= 0.6 is 0 Å². The molecule has 0 saturated heterocycles. The first-order valence-corrected chi connectivity index (χ1v) is 5.27. The number of hydrogen-bond acceptors (Lipinski definition) is 3. The number of Topliss-reactive ketones (excluding diaryl/α,β-unsaturated/α-hetero) is 1. The third-order valence-electron chi connectivity index (χ3n) is 2.38. The zero-order valence-corrected chi connectivity index (χ0v) is 9.14. The molecule has 0 saturated carbocycles. The van der Waals surface area contributed by atoms with E-state index < -0.39 is 0 Å². The molecule has 0 aliphatic heterocycles. The van der Waals surface area contributed by atoms with Crippen LogP contribution in [-0.2, 0) is 4.74 Å². The van der Waals surface area contributed by atoms with Gasteiger partial charge in [0.2, 0.25) is 0 Å². The number of pyridine rings is 1. The van der Waals surface area contributed by atoms with E-state index in [1.165, 1.54) is 0 Å². The Kier molecular flexibility index (Phi) is 3.27. The summed E-state index contributed by atoms with van der Waals surface area (Å²) in [6.45, 7) is 2.55. The van der Waals surface area contributed by atoms with Gasteiger partial charge < -0.3 is 4.74 Å². The summed E-state index contributed by atoms with van der Waals surface area (Å²) in [6.07, 6.45) is 1.72. The maximum Gasteiger partial charge on any atom is 0.189 e. The van der Waals surface area contributed by atoms with Crippen molar-refractivity contribution >= 4 is 16.7 Å². The molecule has 2 rings (SSSR count). The Hall–Kier alpha value is -1.74. The molecule has 0 aliphatic rings. The third-order valence-corrected chi connectivity index (χ3v) is 2.38. The predicted octanol–water partition coefficient (Wildman–Crippen LogP) is 2.45. The number of benzene rings is 1. The van der Waals surface area contributed by atoms with Gasteiger partial charge in [-0.05, 0) is 19.1 Å². The lowest BCUT2D eigenvalue weighted by atomic mass is 10.1. The molecule has 0 aliphatic carbocycles. The lowest BCUT2D eigenvalue weighted by Gasteiger charge is -2.04.